The number of furan rings is 1. The molecule has 1 aromatic carbocycles. The lowest BCUT2D eigenvalue weighted by atomic mass is 10.0. The van der Waals surface area contributed by atoms with Crippen LogP contribution in [0.15, 0.2) is 40.3 Å². The molecular formula is C20H21NO4S. The quantitative estimate of drug-likeness (QED) is 0.667. The van der Waals surface area contributed by atoms with E-state index in [0.717, 1.165) is 32.5 Å². The average molecular weight is 371 g/mol. The van der Waals surface area contributed by atoms with E-state index in [0.29, 0.717) is 6.54 Å². The summed E-state index contributed by atoms with van der Waals surface area (Å²) < 4.78 is 10.9. The van der Waals surface area contributed by atoms with E-state index in [-0.39, 0.29) is 12.3 Å². The van der Waals surface area contributed by atoms with E-state index in [1.807, 2.05) is 43.5 Å². The molecule has 0 aliphatic heterocycles. The zero-order valence-corrected chi connectivity index (χ0v) is 15.8. The molecule has 0 saturated heterocycles. The minimum absolute atomic E-state index is 0.0675. The number of aryl methyl sites for hydroxylation is 2. The number of fused-ring (bicyclic) bond motifs is 1. The van der Waals surface area contributed by atoms with Crippen molar-refractivity contribution in [2.24, 2.45) is 0 Å². The largest absolute Gasteiger partial charge is 0.464 e. The number of esters is 1. The Balaban J connectivity index is 1.58. The number of carbonyl (C=O) groups is 2. The lowest BCUT2D eigenvalue weighted by Crippen LogP contribution is -2.35. The van der Waals surface area contributed by atoms with Gasteiger partial charge in [0.2, 0.25) is 0 Å². The summed E-state index contributed by atoms with van der Waals surface area (Å²) in [5, 5.41) is 5.62. The van der Waals surface area contributed by atoms with E-state index in [9.17, 15) is 9.59 Å². The fraction of sp³-hybridized carbons (Fsp3) is 0.300. The molecule has 0 aliphatic carbocycles. The Kier molecular flexibility index (Phi) is 5.42. The Hall–Kier alpha value is -2.60. The summed E-state index contributed by atoms with van der Waals surface area (Å²) in [7, 11) is 0. The SMILES string of the molecule is Cc1ccc2c(CC(=O)O[C@H](C)C(=O)NCc3cccs3)coc2c1C. The third-order valence-corrected chi connectivity index (χ3v) is 5.25. The van der Waals surface area contributed by atoms with Gasteiger partial charge in [0.25, 0.3) is 5.91 Å². The van der Waals surface area contributed by atoms with Crippen molar-refractivity contribution >= 4 is 34.2 Å². The molecule has 3 aromatic rings. The second kappa shape index (κ2) is 7.74. The number of carbonyl (C=O) groups excluding carboxylic acids is 2. The molecule has 0 bridgehead atoms. The number of hydrogen-bond acceptors (Lipinski definition) is 5. The normalized spacial score (nSPS) is 12.1. The van der Waals surface area contributed by atoms with E-state index < -0.39 is 12.1 Å². The Morgan fingerprint density at radius 3 is 2.81 bits per heavy atom. The van der Waals surface area contributed by atoms with Gasteiger partial charge in [-0.3, -0.25) is 9.59 Å². The van der Waals surface area contributed by atoms with Crippen LogP contribution in [0.25, 0.3) is 11.0 Å². The molecule has 2 heterocycles. The first-order valence-electron chi connectivity index (χ1n) is 8.41. The predicted molar refractivity (Wildman–Crippen MR) is 101 cm³/mol. The van der Waals surface area contributed by atoms with E-state index in [2.05, 4.69) is 5.32 Å². The molecule has 2 aromatic heterocycles. The van der Waals surface area contributed by atoms with Crippen LogP contribution in [0, 0.1) is 13.8 Å². The van der Waals surface area contributed by atoms with E-state index in [4.69, 9.17) is 9.15 Å². The Bertz CT molecular complexity index is 927. The maximum atomic E-state index is 12.2. The van der Waals surface area contributed by atoms with Crippen molar-refractivity contribution in [3.05, 3.63) is 57.5 Å². The molecule has 136 valence electrons. The first-order chi connectivity index (χ1) is 12.5. The second-order valence-corrected chi connectivity index (χ2v) is 7.28. The van der Waals surface area contributed by atoms with E-state index in [1.165, 1.54) is 0 Å². The van der Waals surface area contributed by atoms with Crippen LogP contribution in [0.4, 0.5) is 0 Å². The van der Waals surface area contributed by atoms with Crippen LogP contribution < -0.4 is 5.32 Å². The molecule has 0 saturated carbocycles. The predicted octanol–water partition coefficient (Wildman–Crippen LogP) is 3.90. The highest BCUT2D eigenvalue weighted by Crippen LogP contribution is 2.27. The maximum absolute atomic E-state index is 12.2. The van der Waals surface area contributed by atoms with Crippen LogP contribution in [-0.2, 0) is 27.3 Å². The van der Waals surface area contributed by atoms with Crippen LogP contribution in [-0.4, -0.2) is 18.0 Å². The van der Waals surface area contributed by atoms with E-state index >= 15 is 0 Å². The summed E-state index contributed by atoms with van der Waals surface area (Å²) in [4.78, 5) is 25.3. The highest BCUT2D eigenvalue weighted by atomic mass is 32.1. The zero-order valence-electron chi connectivity index (χ0n) is 15.0. The van der Waals surface area contributed by atoms with Gasteiger partial charge in [0.15, 0.2) is 6.10 Å². The summed E-state index contributed by atoms with van der Waals surface area (Å²) in [5.41, 5.74) is 3.74. The molecule has 26 heavy (non-hydrogen) atoms. The zero-order chi connectivity index (χ0) is 18.7. The van der Waals surface area contributed by atoms with Crippen LogP contribution in [0.2, 0.25) is 0 Å². The third kappa shape index (κ3) is 3.96. The summed E-state index contributed by atoms with van der Waals surface area (Å²) in [5.74, 6) is -0.764. The fourth-order valence-electron chi connectivity index (χ4n) is 2.70. The molecular weight excluding hydrogens is 350 g/mol. The minimum atomic E-state index is -0.843. The fourth-order valence-corrected chi connectivity index (χ4v) is 3.35. The summed E-state index contributed by atoms with van der Waals surface area (Å²) >= 11 is 1.56. The molecule has 0 radical (unpaired) electrons. The van der Waals surface area contributed by atoms with Gasteiger partial charge in [-0.25, -0.2) is 0 Å². The number of nitrogens with one attached hydrogen (secondary N) is 1. The Morgan fingerprint density at radius 2 is 2.08 bits per heavy atom. The molecule has 1 amide bonds. The number of thiophene rings is 1. The summed E-state index contributed by atoms with van der Waals surface area (Å²) in [6.07, 6.45) is 0.808. The van der Waals surface area contributed by atoms with Gasteiger partial charge in [-0.1, -0.05) is 18.2 Å². The van der Waals surface area contributed by atoms with Crippen molar-refractivity contribution in [1.29, 1.82) is 0 Å². The van der Waals surface area contributed by atoms with Gasteiger partial charge in [0.1, 0.15) is 5.58 Å². The van der Waals surface area contributed by atoms with Gasteiger partial charge in [-0.2, -0.15) is 0 Å². The highest BCUT2D eigenvalue weighted by Gasteiger charge is 2.19. The number of rotatable bonds is 6. The van der Waals surface area contributed by atoms with Gasteiger partial charge >= 0.3 is 5.97 Å². The van der Waals surface area contributed by atoms with Gasteiger partial charge in [-0.05, 0) is 43.3 Å². The maximum Gasteiger partial charge on any atom is 0.311 e. The standard InChI is InChI=1S/C20H21NO4S/c1-12-6-7-17-15(11-24-19(17)13(12)2)9-18(22)25-14(3)20(23)21-10-16-5-4-8-26-16/h4-8,11,14H,9-10H2,1-3H3,(H,21,23)/t14-/m1/s1. The molecule has 1 atom stereocenters. The molecule has 0 spiro atoms. The number of benzene rings is 1. The highest BCUT2D eigenvalue weighted by molar-refractivity contribution is 7.09. The van der Waals surface area contributed by atoms with Crippen LogP contribution in [0.1, 0.15) is 28.5 Å². The molecule has 5 nitrogen and oxygen atoms in total. The minimum Gasteiger partial charge on any atom is -0.464 e. The van der Waals surface area contributed by atoms with Crippen molar-refractivity contribution in [3.8, 4) is 0 Å². The van der Waals surface area contributed by atoms with Crippen LogP contribution >= 0.6 is 11.3 Å². The third-order valence-electron chi connectivity index (χ3n) is 4.37. The Morgan fingerprint density at radius 1 is 1.27 bits per heavy atom. The lowest BCUT2D eigenvalue weighted by molar-refractivity contribution is -0.154. The number of ether oxygens (including phenoxy) is 1. The topological polar surface area (TPSA) is 68.5 Å². The van der Waals surface area contributed by atoms with Gasteiger partial charge in [0, 0.05) is 15.8 Å². The monoisotopic (exact) mass is 371 g/mol. The van der Waals surface area contributed by atoms with Gasteiger partial charge in [-0.15, -0.1) is 11.3 Å². The van der Waals surface area contributed by atoms with Crippen molar-refractivity contribution in [2.45, 2.75) is 39.8 Å². The smallest absolute Gasteiger partial charge is 0.311 e. The lowest BCUT2D eigenvalue weighted by Gasteiger charge is -2.13. The molecule has 3 rings (SSSR count). The van der Waals surface area contributed by atoms with Gasteiger partial charge in [0.05, 0.1) is 19.2 Å². The van der Waals surface area contributed by atoms with E-state index in [1.54, 1.807) is 24.5 Å². The second-order valence-electron chi connectivity index (χ2n) is 6.25. The first-order valence-corrected chi connectivity index (χ1v) is 9.29. The van der Waals surface area contributed by atoms with Crippen molar-refractivity contribution in [3.63, 3.8) is 0 Å². The average Bonchev–Trinajstić information content (AvgIpc) is 3.26. The van der Waals surface area contributed by atoms with Crippen LogP contribution in [0.3, 0.4) is 0 Å². The molecule has 6 heteroatoms. The number of hydrogen-bond donors (Lipinski definition) is 1. The van der Waals surface area contributed by atoms with Crippen molar-refractivity contribution in [1.82, 2.24) is 5.32 Å². The molecule has 0 aliphatic rings. The van der Waals surface area contributed by atoms with Crippen molar-refractivity contribution in [2.75, 3.05) is 0 Å². The molecule has 0 unspecified atom stereocenters. The molecule has 0 fully saturated rings. The summed E-state index contributed by atoms with van der Waals surface area (Å²) in [6.45, 7) is 6.01. The molecule has 1 N–H and O–H groups in total. The van der Waals surface area contributed by atoms with Crippen LogP contribution in [0.5, 0.6) is 0 Å². The number of amides is 1. The Labute approximate surface area is 156 Å². The van der Waals surface area contributed by atoms with Gasteiger partial charge < -0.3 is 14.5 Å². The summed E-state index contributed by atoms with van der Waals surface area (Å²) in [6, 6.07) is 7.81. The first kappa shape index (κ1) is 18.2. The van der Waals surface area contributed by atoms with Crippen molar-refractivity contribution < 1.29 is 18.7 Å².